The standard InChI is InChI=1S/C22H34N4O/c1-4-25-13-19-9-10-20(14-25)26(19)22-23-11-18(12-24-22)16-5-7-17(8-6-16)21(27)15(2)3/h11-12,15-17,19-20H,4-10,13-14H2,1-3H3. The van der Waals surface area contributed by atoms with Gasteiger partial charge in [-0.3, -0.25) is 9.69 Å². The van der Waals surface area contributed by atoms with Crippen LogP contribution < -0.4 is 4.90 Å². The monoisotopic (exact) mass is 370 g/mol. The smallest absolute Gasteiger partial charge is 0.225 e. The molecule has 0 radical (unpaired) electrons. The van der Waals surface area contributed by atoms with Gasteiger partial charge in [0, 0.05) is 49.4 Å². The number of carbonyl (C=O) groups excluding carboxylic acids is 1. The van der Waals surface area contributed by atoms with E-state index >= 15 is 0 Å². The second-order valence-corrected chi connectivity index (χ2v) is 9.07. The van der Waals surface area contributed by atoms with Gasteiger partial charge in [-0.2, -0.15) is 0 Å². The second-order valence-electron chi connectivity index (χ2n) is 9.07. The van der Waals surface area contributed by atoms with Gasteiger partial charge in [0.1, 0.15) is 5.78 Å². The molecule has 0 spiro atoms. The van der Waals surface area contributed by atoms with Gasteiger partial charge in [-0.25, -0.2) is 9.97 Å². The van der Waals surface area contributed by atoms with Crippen LogP contribution in [0.4, 0.5) is 5.95 Å². The zero-order valence-corrected chi connectivity index (χ0v) is 17.1. The summed E-state index contributed by atoms with van der Waals surface area (Å²) in [5.41, 5.74) is 1.26. The third-order valence-electron chi connectivity index (χ3n) is 7.06. The lowest BCUT2D eigenvalue weighted by molar-refractivity contribution is -0.126. The first-order chi connectivity index (χ1) is 13.1. The molecular formula is C22H34N4O. The molecule has 1 aliphatic carbocycles. The van der Waals surface area contributed by atoms with Crippen molar-refractivity contribution in [1.29, 1.82) is 0 Å². The predicted molar refractivity (Wildman–Crippen MR) is 108 cm³/mol. The number of carbonyl (C=O) groups is 1. The van der Waals surface area contributed by atoms with Gasteiger partial charge in [0.2, 0.25) is 5.95 Å². The topological polar surface area (TPSA) is 49.3 Å². The van der Waals surface area contributed by atoms with E-state index in [4.69, 9.17) is 9.97 Å². The summed E-state index contributed by atoms with van der Waals surface area (Å²) in [6.45, 7) is 9.73. The van der Waals surface area contributed by atoms with Crippen LogP contribution in [0.1, 0.15) is 70.8 Å². The summed E-state index contributed by atoms with van der Waals surface area (Å²) in [4.78, 5) is 26.8. The highest BCUT2D eigenvalue weighted by Crippen LogP contribution is 2.37. The number of aromatic nitrogens is 2. The summed E-state index contributed by atoms with van der Waals surface area (Å²) in [6.07, 6.45) is 10.9. The number of likely N-dealkylation sites (N-methyl/N-ethyl adjacent to an activating group) is 1. The van der Waals surface area contributed by atoms with Crippen molar-refractivity contribution in [2.45, 2.75) is 77.3 Å². The Morgan fingerprint density at radius 3 is 2.15 bits per heavy atom. The van der Waals surface area contributed by atoms with E-state index in [1.807, 2.05) is 13.8 Å². The van der Waals surface area contributed by atoms with Crippen molar-refractivity contribution < 1.29 is 4.79 Å². The van der Waals surface area contributed by atoms with Gasteiger partial charge in [0.25, 0.3) is 0 Å². The lowest BCUT2D eigenvalue weighted by atomic mass is 9.76. The fourth-order valence-corrected chi connectivity index (χ4v) is 5.43. The van der Waals surface area contributed by atoms with Crippen LogP contribution in [0, 0.1) is 11.8 Å². The number of piperazine rings is 1. The minimum absolute atomic E-state index is 0.165. The summed E-state index contributed by atoms with van der Waals surface area (Å²) < 4.78 is 0. The molecule has 4 rings (SSSR count). The summed E-state index contributed by atoms with van der Waals surface area (Å²) in [5, 5.41) is 0. The van der Waals surface area contributed by atoms with Crippen molar-refractivity contribution in [2.75, 3.05) is 24.5 Å². The maximum atomic E-state index is 12.2. The Morgan fingerprint density at radius 1 is 1.04 bits per heavy atom. The Kier molecular flexibility index (Phi) is 5.49. The summed E-state index contributed by atoms with van der Waals surface area (Å²) in [6, 6.07) is 1.15. The molecule has 2 saturated heterocycles. The van der Waals surface area contributed by atoms with Crippen LogP contribution in [0.2, 0.25) is 0 Å². The Balaban J connectivity index is 1.38. The molecular weight excluding hydrogens is 336 g/mol. The fourth-order valence-electron chi connectivity index (χ4n) is 5.43. The highest BCUT2D eigenvalue weighted by atomic mass is 16.1. The molecule has 2 unspecified atom stereocenters. The van der Waals surface area contributed by atoms with Crippen molar-refractivity contribution in [3.8, 4) is 0 Å². The van der Waals surface area contributed by atoms with Gasteiger partial charge in [0.05, 0.1) is 0 Å². The molecule has 148 valence electrons. The third kappa shape index (κ3) is 3.75. The van der Waals surface area contributed by atoms with Crippen LogP contribution in [-0.4, -0.2) is 52.4 Å². The molecule has 2 bridgehead atoms. The van der Waals surface area contributed by atoms with Gasteiger partial charge < -0.3 is 4.90 Å². The normalized spacial score (nSPS) is 31.5. The van der Waals surface area contributed by atoms with Crippen LogP contribution in [0.5, 0.6) is 0 Å². The van der Waals surface area contributed by atoms with Gasteiger partial charge in [-0.05, 0) is 56.6 Å². The molecule has 3 heterocycles. The largest absolute Gasteiger partial charge is 0.332 e. The predicted octanol–water partition coefficient (Wildman–Crippen LogP) is 3.65. The molecule has 5 nitrogen and oxygen atoms in total. The van der Waals surface area contributed by atoms with Gasteiger partial charge in [0.15, 0.2) is 0 Å². The Bertz CT molecular complexity index is 637. The number of ketones is 1. The van der Waals surface area contributed by atoms with Crippen molar-refractivity contribution in [2.24, 2.45) is 11.8 Å². The van der Waals surface area contributed by atoms with Crippen molar-refractivity contribution in [3.63, 3.8) is 0 Å². The van der Waals surface area contributed by atoms with E-state index in [0.29, 0.717) is 23.8 Å². The lowest BCUT2D eigenvalue weighted by Crippen LogP contribution is -2.54. The summed E-state index contributed by atoms with van der Waals surface area (Å²) in [7, 11) is 0. The first-order valence-electron chi connectivity index (χ1n) is 10.9. The van der Waals surface area contributed by atoms with E-state index in [1.54, 1.807) is 0 Å². The quantitative estimate of drug-likeness (QED) is 0.792. The van der Waals surface area contributed by atoms with E-state index in [0.717, 1.165) is 51.3 Å². The molecule has 1 aromatic heterocycles. The number of hydrogen-bond acceptors (Lipinski definition) is 5. The Morgan fingerprint density at radius 2 is 1.63 bits per heavy atom. The van der Waals surface area contributed by atoms with Crippen molar-refractivity contribution in [3.05, 3.63) is 18.0 Å². The molecule has 0 amide bonds. The molecule has 5 heteroatoms. The maximum Gasteiger partial charge on any atom is 0.225 e. The molecule has 0 aromatic carbocycles. The number of likely N-dealkylation sites (tertiary alicyclic amines) is 1. The van der Waals surface area contributed by atoms with Crippen LogP contribution in [0.15, 0.2) is 12.4 Å². The minimum Gasteiger partial charge on any atom is -0.332 e. The summed E-state index contributed by atoms with van der Waals surface area (Å²) in [5.74, 6) is 2.32. The first kappa shape index (κ1) is 18.9. The molecule has 0 N–H and O–H groups in total. The zero-order chi connectivity index (χ0) is 19.0. The van der Waals surface area contributed by atoms with Crippen LogP contribution in [0.25, 0.3) is 0 Å². The van der Waals surface area contributed by atoms with Gasteiger partial charge in [-0.15, -0.1) is 0 Å². The number of anilines is 1. The molecule has 1 aromatic rings. The van der Waals surface area contributed by atoms with E-state index < -0.39 is 0 Å². The minimum atomic E-state index is 0.165. The number of fused-ring (bicyclic) bond motifs is 2. The zero-order valence-electron chi connectivity index (χ0n) is 17.1. The van der Waals surface area contributed by atoms with Gasteiger partial charge in [-0.1, -0.05) is 20.8 Å². The molecule has 2 atom stereocenters. The number of rotatable bonds is 5. The van der Waals surface area contributed by atoms with E-state index in [9.17, 15) is 4.79 Å². The van der Waals surface area contributed by atoms with Crippen LogP contribution >= 0.6 is 0 Å². The van der Waals surface area contributed by atoms with Crippen LogP contribution in [-0.2, 0) is 4.79 Å². The average molecular weight is 371 g/mol. The lowest BCUT2D eigenvalue weighted by Gasteiger charge is -2.40. The molecule has 27 heavy (non-hydrogen) atoms. The molecule has 1 saturated carbocycles. The van der Waals surface area contributed by atoms with E-state index in [2.05, 4.69) is 29.1 Å². The van der Waals surface area contributed by atoms with Crippen molar-refractivity contribution in [1.82, 2.24) is 14.9 Å². The molecule has 3 aliphatic rings. The highest BCUT2D eigenvalue weighted by molar-refractivity contribution is 5.82. The van der Waals surface area contributed by atoms with Gasteiger partial charge >= 0.3 is 0 Å². The Hall–Kier alpha value is -1.49. The molecule has 2 aliphatic heterocycles. The first-order valence-corrected chi connectivity index (χ1v) is 10.9. The number of nitrogens with zero attached hydrogens (tertiary/aromatic N) is 4. The number of Topliss-reactive ketones (excluding diaryl/α,β-unsaturated/α-hetero) is 1. The summed E-state index contributed by atoms with van der Waals surface area (Å²) >= 11 is 0. The second kappa shape index (κ2) is 7.86. The average Bonchev–Trinajstić information content (AvgIpc) is 2.97. The van der Waals surface area contributed by atoms with Crippen molar-refractivity contribution >= 4 is 11.7 Å². The Labute approximate surface area is 163 Å². The fraction of sp³-hybridized carbons (Fsp3) is 0.773. The highest BCUT2D eigenvalue weighted by Gasteiger charge is 2.40. The SMILES string of the molecule is CCN1CC2CCC(C1)N2c1ncc(C2CCC(C(=O)C(C)C)CC2)cn1. The van der Waals surface area contributed by atoms with E-state index in [1.165, 1.54) is 18.4 Å². The number of hydrogen-bond donors (Lipinski definition) is 0. The van der Waals surface area contributed by atoms with Crippen LogP contribution in [0.3, 0.4) is 0 Å². The van der Waals surface area contributed by atoms with E-state index in [-0.39, 0.29) is 11.8 Å². The molecule has 3 fully saturated rings. The maximum absolute atomic E-state index is 12.2. The third-order valence-corrected chi connectivity index (χ3v) is 7.06.